The highest BCUT2D eigenvalue weighted by atomic mass is 35.5. The maximum Gasteiger partial charge on any atom is 0.208 e. The molecule has 1 aliphatic rings. The molecule has 1 unspecified atom stereocenters. The number of rotatable bonds is 2. The third kappa shape index (κ3) is 2.30. The molecule has 1 saturated heterocycles. The Hall–Kier alpha value is -1.92. The highest BCUT2D eigenvalue weighted by Gasteiger charge is 2.39. The zero-order valence-electron chi connectivity index (χ0n) is 10.7. The molecule has 8 nitrogen and oxygen atoms in total. The summed E-state index contributed by atoms with van der Waals surface area (Å²) in [5.74, 6) is 2.61. The molecule has 3 heterocycles. The van der Waals surface area contributed by atoms with Crippen LogP contribution >= 0.6 is 11.6 Å². The average Bonchev–Trinajstić information content (AvgIpc) is 3.02. The van der Waals surface area contributed by atoms with Crippen LogP contribution in [0.4, 0.5) is 5.82 Å². The smallest absolute Gasteiger partial charge is 0.208 e. The van der Waals surface area contributed by atoms with E-state index in [1.807, 2.05) is 0 Å². The number of imidazole rings is 1. The fourth-order valence-electron chi connectivity index (χ4n) is 2.31. The van der Waals surface area contributed by atoms with Gasteiger partial charge < -0.3 is 20.7 Å². The maximum atomic E-state index is 9.86. The van der Waals surface area contributed by atoms with Gasteiger partial charge in [-0.25, -0.2) is 15.0 Å². The van der Waals surface area contributed by atoms with Gasteiger partial charge in [0.25, 0.3) is 0 Å². The SMILES string of the molecule is C#Cc1nc(N)c2ncn([C@H]3C[C@H](O)[C@@H](C(O)Cl)O3)c2n1. The van der Waals surface area contributed by atoms with Crippen molar-refractivity contribution in [2.24, 2.45) is 0 Å². The quantitative estimate of drug-likeness (QED) is 0.510. The summed E-state index contributed by atoms with van der Waals surface area (Å²) in [7, 11) is 0. The summed E-state index contributed by atoms with van der Waals surface area (Å²) in [6, 6.07) is 0. The van der Waals surface area contributed by atoms with Crippen molar-refractivity contribution in [1.29, 1.82) is 0 Å². The predicted molar refractivity (Wildman–Crippen MR) is 74.1 cm³/mol. The first-order valence-electron chi connectivity index (χ1n) is 6.13. The molecular weight excluding hydrogens is 298 g/mol. The number of nitrogens with zero attached hydrogens (tertiary/aromatic N) is 4. The number of hydrogen-bond acceptors (Lipinski definition) is 7. The maximum absolute atomic E-state index is 9.86. The molecule has 1 aliphatic heterocycles. The molecule has 2 aromatic rings. The van der Waals surface area contributed by atoms with Crippen molar-refractivity contribution in [2.45, 2.75) is 30.4 Å². The molecule has 1 fully saturated rings. The normalized spacial score (nSPS) is 26.9. The van der Waals surface area contributed by atoms with Gasteiger partial charge in [0, 0.05) is 6.42 Å². The Labute approximate surface area is 124 Å². The molecule has 0 aromatic carbocycles. The van der Waals surface area contributed by atoms with Crippen molar-refractivity contribution in [2.75, 3.05) is 5.73 Å². The third-order valence-electron chi connectivity index (χ3n) is 3.30. The highest BCUT2D eigenvalue weighted by Crippen LogP contribution is 2.33. The number of anilines is 1. The van der Waals surface area contributed by atoms with Crippen molar-refractivity contribution in [3.05, 3.63) is 12.2 Å². The number of fused-ring (bicyclic) bond motifs is 1. The molecule has 4 N–H and O–H groups in total. The lowest BCUT2D eigenvalue weighted by Gasteiger charge is -2.16. The van der Waals surface area contributed by atoms with Gasteiger partial charge in [-0.15, -0.1) is 6.42 Å². The molecule has 4 atom stereocenters. The minimum absolute atomic E-state index is 0.134. The molecular formula is C12H12ClN5O3. The van der Waals surface area contributed by atoms with E-state index in [-0.39, 0.29) is 18.1 Å². The molecule has 0 amide bonds. The number of alkyl halides is 1. The van der Waals surface area contributed by atoms with Crippen LogP contribution < -0.4 is 5.73 Å². The number of aliphatic hydroxyl groups excluding tert-OH is 2. The topological polar surface area (TPSA) is 119 Å². The van der Waals surface area contributed by atoms with Crippen LogP contribution in [0.2, 0.25) is 0 Å². The zero-order valence-corrected chi connectivity index (χ0v) is 11.5. The van der Waals surface area contributed by atoms with E-state index in [1.54, 1.807) is 4.57 Å². The lowest BCUT2D eigenvalue weighted by atomic mass is 10.2. The Kier molecular flexibility index (Phi) is 3.43. The van der Waals surface area contributed by atoms with E-state index < -0.39 is 24.0 Å². The number of ether oxygens (including phenoxy) is 1. The van der Waals surface area contributed by atoms with Crippen LogP contribution in [-0.2, 0) is 4.74 Å². The Morgan fingerprint density at radius 1 is 1.57 bits per heavy atom. The van der Waals surface area contributed by atoms with Crippen molar-refractivity contribution >= 4 is 28.6 Å². The van der Waals surface area contributed by atoms with E-state index in [4.69, 9.17) is 28.5 Å². The van der Waals surface area contributed by atoms with Crippen LogP contribution in [0, 0.1) is 12.3 Å². The number of terminal acetylenes is 1. The molecule has 0 radical (unpaired) electrons. The average molecular weight is 310 g/mol. The fourth-order valence-corrected chi connectivity index (χ4v) is 2.54. The van der Waals surface area contributed by atoms with Crippen molar-refractivity contribution in [3.8, 4) is 12.3 Å². The van der Waals surface area contributed by atoms with Crippen molar-refractivity contribution in [1.82, 2.24) is 19.5 Å². The van der Waals surface area contributed by atoms with Gasteiger partial charge >= 0.3 is 0 Å². The number of halogens is 1. The molecule has 0 bridgehead atoms. The minimum atomic E-state index is -1.30. The first kappa shape index (κ1) is 14.0. The molecule has 2 aromatic heterocycles. The van der Waals surface area contributed by atoms with E-state index in [2.05, 4.69) is 20.9 Å². The lowest BCUT2D eigenvalue weighted by molar-refractivity contribution is -0.0561. The standard InChI is InChI=1S/C12H12ClN5O3/c1-2-6-16-11(14)8-12(17-6)18(4-15-8)7-3-5(19)9(21-7)10(13)20/h1,4-5,7,9-10,19-20H,3H2,(H2,14,16,17)/t5-,7+,9-,10?/m0/s1. The summed E-state index contributed by atoms with van der Waals surface area (Å²) in [4.78, 5) is 12.2. The second-order valence-corrected chi connectivity index (χ2v) is 5.08. The van der Waals surface area contributed by atoms with Gasteiger partial charge in [0.2, 0.25) is 5.82 Å². The molecule has 21 heavy (non-hydrogen) atoms. The van der Waals surface area contributed by atoms with Gasteiger partial charge in [-0.05, 0) is 5.92 Å². The second-order valence-electron chi connectivity index (χ2n) is 4.63. The van der Waals surface area contributed by atoms with Gasteiger partial charge in [-0.2, -0.15) is 0 Å². The zero-order chi connectivity index (χ0) is 15.1. The Bertz CT molecular complexity index is 725. The molecule has 0 saturated carbocycles. The van der Waals surface area contributed by atoms with Crippen LogP contribution in [-0.4, -0.2) is 47.5 Å². The third-order valence-corrected chi connectivity index (χ3v) is 3.54. The van der Waals surface area contributed by atoms with Gasteiger partial charge in [-0.3, -0.25) is 4.57 Å². The van der Waals surface area contributed by atoms with Gasteiger partial charge in [0.1, 0.15) is 17.8 Å². The first-order chi connectivity index (χ1) is 10.0. The minimum Gasteiger partial charge on any atom is -0.390 e. The molecule has 0 spiro atoms. The van der Waals surface area contributed by atoms with E-state index in [9.17, 15) is 10.2 Å². The van der Waals surface area contributed by atoms with Crippen LogP contribution in [0.5, 0.6) is 0 Å². The van der Waals surface area contributed by atoms with E-state index >= 15 is 0 Å². The fraction of sp³-hybridized carbons (Fsp3) is 0.417. The Morgan fingerprint density at radius 2 is 2.33 bits per heavy atom. The Morgan fingerprint density at radius 3 is 2.95 bits per heavy atom. The van der Waals surface area contributed by atoms with Crippen LogP contribution in [0.1, 0.15) is 18.5 Å². The highest BCUT2D eigenvalue weighted by molar-refractivity contribution is 6.19. The number of nitrogens with two attached hydrogens (primary N) is 1. The number of aliphatic hydroxyl groups is 2. The lowest BCUT2D eigenvalue weighted by Crippen LogP contribution is -2.30. The molecule has 110 valence electrons. The number of hydrogen-bond donors (Lipinski definition) is 3. The van der Waals surface area contributed by atoms with Crippen molar-refractivity contribution < 1.29 is 14.9 Å². The van der Waals surface area contributed by atoms with Crippen LogP contribution in [0.25, 0.3) is 11.2 Å². The Balaban J connectivity index is 2.02. The summed E-state index contributed by atoms with van der Waals surface area (Å²) in [5, 5.41) is 19.2. The summed E-state index contributed by atoms with van der Waals surface area (Å²) in [6.45, 7) is 0. The number of nitrogen functional groups attached to an aromatic ring is 1. The van der Waals surface area contributed by atoms with Crippen LogP contribution in [0.3, 0.4) is 0 Å². The molecule has 3 rings (SSSR count). The predicted octanol–water partition coefficient (Wildman–Crippen LogP) is -0.405. The first-order valence-corrected chi connectivity index (χ1v) is 6.57. The van der Waals surface area contributed by atoms with Gasteiger partial charge in [0.05, 0.1) is 12.4 Å². The van der Waals surface area contributed by atoms with Crippen molar-refractivity contribution in [3.63, 3.8) is 0 Å². The summed E-state index contributed by atoms with van der Waals surface area (Å²) in [5.41, 5.74) is 5.26. The van der Waals surface area contributed by atoms with Gasteiger partial charge in [0.15, 0.2) is 17.0 Å². The summed E-state index contributed by atoms with van der Waals surface area (Å²) < 4.78 is 7.12. The van der Waals surface area contributed by atoms with Crippen LogP contribution in [0.15, 0.2) is 6.33 Å². The van der Waals surface area contributed by atoms with E-state index in [1.165, 1.54) is 6.33 Å². The largest absolute Gasteiger partial charge is 0.390 e. The molecule has 0 aliphatic carbocycles. The summed E-state index contributed by atoms with van der Waals surface area (Å²) in [6.07, 6.45) is 4.62. The monoisotopic (exact) mass is 309 g/mol. The summed E-state index contributed by atoms with van der Waals surface area (Å²) >= 11 is 5.57. The second kappa shape index (κ2) is 5.13. The molecule has 9 heteroatoms. The van der Waals surface area contributed by atoms with E-state index in [0.29, 0.717) is 11.2 Å². The van der Waals surface area contributed by atoms with Gasteiger partial charge in [-0.1, -0.05) is 11.6 Å². The number of aromatic nitrogens is 4. The van der Waals surface area contributed by atoms with E-state index in [0.717, 1.165) is 0 Å².